The minimum Gasteiger partial charge on any atom is -0.196 e. The Morgan fingerprint density at radius 1 is 0.923 bits per heavy atom. The molecule has 0 spiro atoms. The highest BCUT2D eigenvalue weighted by Crippen LogP contribution is 2.29. The Kier molecular flexibility index (Phi) is 4.58. The first kappa shape index (κ1) is 12.1. The number of alkyl halides is 3. The van der Waals surface area contributed by atoms with E-state index in [4.69, 9.17) is 0 Å². The molecule has 0 N–H and O–H groups in total. The monoisotopic (exact) mass is 204 g/mol. The van der Waals surface area contributed by atoms with Crippen molar-refractivity contribution >= 4 is 0 Å². The van der Waals surface area contributed by atoms with E-state index < -0.39 is 18.1 Å². The maximum Gasteiger partial charge on any atom is 0.448 e. The van der Waals surface area contributed by atoms with Crippen LogP contribution >= 0.6 is 0 Å². The second kappa shape index (κ2) is 4.94. The van der Waals surface area contributed by atoms with Crippen molar-refractivity contribution in [1.29, 1.82) is 0 Å². The molecule has 0 nitrogen and oxygen atoms in total. The average Bonchev–Trinajstić information content (AvgIpc) is 1.79. The molecule has 0 saturated heterocycles. The van der Waals surface area contributed by atoms with E-state index in [0.717, 1.165) is 0 Å². The van der Waals surface area contributed by atoms with Gasteiger partial charge in [0.1, 0.15) is 0 Å². The summed E-state index contributed by atoms with van der Waals surface area (Å²) in [6, 6.07) is 0. The Morgan fingerprint density at radius 3 is 1.23 bits per heavy atom. The molecular weight excluding hydrogens is 198 g/mol. The molecule has 0 heterocycles. The van der Waals surface area contributed by atoms with Crippen LogP contribution in [0.1, 0.15) is 12.8 Å². The van der Waals surface area contributed by atoms with E-state index in [1.807, 2.05) is 0 Å². The molecule has 0 radical (unpaired) electrons. The fourth-order valence-corrected chi connectivity index (χ4v) is 0.274. The lowest BCUT2D eigenvalue weighted by atomic mass is 10.1. The van der Waals surface area contributed by atoms with Crippen LogP contribution in [0.2, 0.25) is 0 Å². The minimum atomic E-state index is -5.56. The quantitative estimate of drug-likeness (QED) is 0.413. The van der Waals surface area contributed by atoms with Crippen molar-refractivity contribution in [2.45, 2.75) is 19.0 Å². The molecule has 0 atom stereocenters. The third kappa shape index (κ3) is 5.32. The summed E-state index contributed by atoms with van der Waals surface area (Å²) in [5.74, 6) is -3.33. The third-order valence-electron chi connectivity index (χ3n) is 1.08. The number of hydrogen-bond acceptors (Lipinski definition) is 0. The smallest absolute Gasteiger partial charge is 0.196 e. The van der Waals surface area contributed by atoms with E-state index in [-0.39, 0.29) is 0 Å². The van der Waals surface area contributed by atoms with Crippen LogP contribution in [0, 0.1) is 0 Å². The first-order chi connectivity index (χ1) is 5.85. The van der Waals surface area contributed by atoms with Gasteiger partial charge in [-0.05, 0) is 12.8 Å². The van der Waals surface area contributed by atoms with Gasteiger partial charge in [0, 0.05) is 0 Å². The summed E-state index contributed by atoms with van der Waals surface area (Å²) in [4.78, 5) is 0. The third-order valence-corrected chi connectivity index (χ3v) is 1.08. The number of allylic oxidation sites excluding steroid dienone is 3. The summed E-state index contributed by atoms with van der Waals surface area (Å²) in [6.07, 6.45) is -1.90. The van der Waals surface area contributed by atoms with Gasteiger partial charge in [0.2, 0.25) is 0 Å². The molecule has 1 aliphatic rings. The summed E-state index contributed by atoms with van der Waals surface area (Å²) in [5.41, 5.74) is 0. The second-order valence-corrected chi connectivity index (χ2v) is 2.12. The highest BCUT2D eigenvalue weighted by molar-refractivity contribution is 4.98. The van der Waals surface area contributed by atoms with Gasteiger partial charge in [0.15, 0.2) is 0 Å². The van der Waals surface area contributed by atoms with Gasteiger partial charge >= 0.3 is 12.3 Å². The zero-order chi connectivity index (χ0) is 10.5. The normalized spacial score (nSPS) is 14.0. The largest absolute Gasteiger partial charge is 0.448 e. The zero-order valence-corrected chi connectivity index (χ0v) is 6.34. The molecule has 0 amide bonds. The van der Waals surface area contributed by atoms with Crippen molar-refractivity contribution in [3.8, 4) is 0 Å². The van der Waals surface area contributed by atoms with Gasteiger partial charge in [0.05, 0.1) is 0 Å². The van der Waals surface area contributed by atoms with Gasteiger partial charge in [-0.25, -0.2) is 0 Å². The minimum absolute atomic E-state index is 1.32. The highest BCUT2D eigenvalue weighted by Gasteiger charge is 2.38. The van der Waals surface area contributed by atoms with Crippen LogP contribution in [0.25, 0.3) is 0 Å². The lowest BCUT2D eigenvalue weighted by Gasteiger charge is -1.98. The van der Waals surface area contributed by atoms with Gasteiger partial charge in [-0.3, -0.25) is 0 Å². The van der Waals surface area contributed by atoms with Gasteiger partial charge < -0.3 is 0 Å². The number of rotatable bonds is 0. The van der Waals surface area contributed by atoms with Crippen molar-refractivity contribution in [2.24, 2.45) is 0 Å². The lowest BCUT2D eigenvalue weighted by Crippen LogP contribution is -2.08. The number of halogens is 6. The fraction of sp³-hybridized carbons (Fsp3) is 0.429. The van der Waals surface area contributed by atoms with E-state index in [1.54, 1.807) is 0 Å². The molecular formula is C7H6F6. The van der Waals surface area contributed by atoms with Gasteiger partial charge in [-0.15, -0.1) is 0 Å². The first-order valence-electron chi connectivity index (χ1n) is 3.28. The van der Waals surface area contributed by atoms with Crippen molar-refractivity contribution in [3.63, 3.8) is 0 Å². The summed E-state index contributed by atoms with van der Waals surface area (Å²) in [7, 11) is 0. The predicted molar refractivity (Wildman–Crippen MR) is 34.8 cm³/mol. The zero-order valence-electron chi connectivity index (χ0n) is 6.34. The van der Waals surface area contributed by atoms with Crippen molar-refractivity contribution < 1.29 is 26.3 Å². The summed E-state index contributed by atoms with van der Waals surface area (Å²) < 4.78 is 64.8. The lowest BCUT2D eigenvalue weighted by molar-refractivity contribution is -0.113. The topological polar surface area (TPSA) is 0 Å². The molecule has 13 heavy (non-hydrogen) atoms. The predicted octanol–water partition coefficient (Wildman–Crippen LogP) is 3.96. The van der Waals surface area contributed by atoms with E-state index in [9.17, 15) is 26.3 Å². The molecule has 0 bridgehead atoms. The molecule has 1 aliphatic carbocycles. The molecule has 0 aromatic heterocycles. The van der Waals surface area contributed by atoms with Crippen LogP contribution in [0.4, 0.5) is 26.3 Å². The molecule has 0 aromatic rings. The van der Waals surface area contributed by atoms with Crippen LogP contribution in [-0.4, -0.2) is 6.18 Å². The second-order valence-electron chi connectivity index (χ2n) is 2.12. The highest BCUT2D eigenvalue weighted by atomic mass is 19.4. The van der Waals surface area contributed by atoms with E-state index in [0.29, 0.717) is 0 Å². The first-order valence-corrected chi connectivity index (χ1v) is 3.28. The van der Waals surface area contributed by atoms with Gasteiger partial charge in [-0.1, -0.05) is 12.2 Å². The van der Waals surface area contributed by atoms with Gasteiger partial charge in [-0.2, -0.15) is 26.3 Å². The van der Waals surface area contributed by atoms with Crippen LogP contribution in [0.3, 0.4) is 0 Å². The molecule has 0 saturated carbocycles. The molecule has 0 unspecified atom stereocenters. The Balaban J connectivity index is 0.000000293. The maximum atomic E-state index is 11.0. The Hall–Kier alpha value is -0.940. The summed E-state index contributed by atoms with van der Waals surface area (Å²) in [6.45, 7) is 0. The summed E-state index contributed by atoms with van der Waals surface area (Å²) >= 11 is 0. The van der Waals surface area contributed by atoms with Gasteiger partial charge in [0.25, 0.3) is 5.83 Å². The standard InChI is InChI=1S/C4H6.C3F6/c1-2-4-3-1;4-1(2(5)6)3(7,8)9/h1-2H,3-4H2;. The van der Waals surface area contributed by atoms with Crippen molar-refractivity contribution in [1.82, 2.24) is 0 Å². The molecule has 0 aromatic carbocycles. The van der Waals surface area contributed by atoms with Crippen LogP contribution < -0.4 is 0 Å². The fourth-order valence-electron chi connectivity index (χ4n) is 0.274. The Morgan fingerprint density at radius 2 is 1.23 bits per heavy atom. The Labute approximate surface area is 70.5 Å². The average molecular weight is 204 g/mol. The number of hydrogen-bond donors (Lipinski definition) is 0. The molecule has 0 fully saturated rings. The van der Waals surface area contributed by atoms with Crippen molar-refractivity contribution in [3.05, 3.63) is 24.1 Å². The Bertz CT molecular complexity index is 202. The maximum absolute atomic E-state index is 11.0. The molecule has 1 rings (SSSR count). The molecule has 6 heteroatoms. The van der Waals surface area contributed by atoms with E-state index in [2.05, 4.69) is 12.2 Å². The molecule has 0 aliphatic heterocycles. The SMILES string of the molecule is C1=CCC1.FC(F)=C(F)C(F)(F)F. The van der Waals surface area contributed by atoms with Crippen LogP contribution in [0.5, 0.6) is 0 Å². The van der Waals surface area contributed by atoms with Crippen LogP contribution in [0.15, 0.2) is 24.1 Å². The molecule has 76 valence electrons. The van der Waals surface area contributed by atoms with Crippen LogP contribution in [-0.2, 0) is 0 Å². The van der Waals surface area contributed by atoms with Crippen molar-refractivity contribution in [2.75, 3.05) is 0 Å². The van der Waals surface area contributed by atoms with E-state index >= 15 is 0 Å². The summed E-state index contributed by atoms with van der Waals surface area (Å²) in [5, 5.41) is 0. The van der Waals surface area contributed by atoms with E-state index in [1.165, 1.54) is 12.8 Å².